The number of Topliss-reactive ketones (excluding diaryl/α,β-unsaturated/α-hetero) is 1. The number of aliphatic hydroxyl groups excluding tert-OH is 1. The van der Waals surface area contributed by atoms with Crippen molar-refractivity contribution in [2.75, 3.05) is 27.2 Å². The van der Waals surface area contributed by atoms with E-state index < -0.39 is 17.7 Å². The lowest BCUT2D eigenvalue weighted by Crippen LogP contribution is -2.32. The van der Waals surface area contributed by atoms with E-state index in [0.29, 0.717) is 29.8 Å². The molecule has 1 aromatic heterocycles. The monoisotopic (exact) mass is 423 g/mol. The SMILES string of the molecule is CC(C)Oc1ccc(C(O)=C2C(=O)C(=O)N(CCCN(C)C)[C@@H]2c2cccnc2)cc1. The minimum atomic E-state index is -0.682. The fourth-order valence-electron chi connectivity index (χ4n) is 3.67. The van der Waals surface area contributed by atoms with Crippen molar-refractivity contribution in [3.63, 3.8) is 0 Å². The number of rotatable bonds is 8. The van der Waals surface area contributed by atoms with Crippen molar-refractivity contribution >= 4 is 17.4 Å². The first kappa shape index (κ1) is 22.5. The third-order valence-corrected chi connectivity index (χ3v) is 5.04. The highest BCUT2D eigenvalue weighted by molar-refractivity contribution is 6.46. The zero-order chi connectivity index (χ0) is 22.5. The van der Waals surface area contributed by atoms with Gasteiger partial charge in [0.25, 0.3) is 11.7 Å². The first-order valence-corrected chi connectivity index (χ1v) is 10.4. The number of amides is 1. The van der Waals surface area contributed by atoms with Gasteiger partial charge < -0.3 is 19.6 Å². The van der Waals surface area contributed by atoms with Crippen LogP contribution in [0.5, 0.6) is 5.75 Å². The molecule has 0 saturated carbocycles. The molecule has 1 saturated heterocycles. The highest BCUT2D eigenvalue weighted by Gasteiger charge is 2.45. The molecule has 2 heterocycles. The van der Waals surface area contributed by atoms with Gasteiger partial charge in [0.05, 0.1) is 17.7 Å². The second kappa shape index (κ2) is 9.75. The van der Waals surface area contributed by atoms with Gasteiger partial charge in [0.1, 0.15) is 11.5 Å². The van der Waals surface area contributed by atoms with Crippen LogP contribution in [0, 0.1) is 0 Å². The molecule has 1 fully saturated rings. The summed E-state index contributed by atoms with van der Waals surface area (Å²) in [6, 6.07) is 9.74. The summed E-state index contributed by atoms with van der Waals surface area (Å²) in [5.41, 5.74) is 1.23. The van der Waals surface area contributed by atoms with Crippen LogP contribution in [0.1, 0.15) is 37.4 Å². The van der Waals surface area contributed by atoms with E-state index in [0.717, 1.165) is 6.54 Å². The Balaban J connectivity index is 2.01. The molecule has 7 heteroatoms. The number of ketones is 1. The maximum absolute atomic E-state index is 13.0. The summed E-state index contributed by atoms with van der Waals surface area (Å²) in [4.78, 5) is 33.5. The molecule has 1 N–H and O–H groups in total. The largest absolute Gasteiger partial charge is 0.507 e. The van der Waals surface area contributed by atoms with Gasteiger partial charge in [-0.2, -0.15) is 0 Å². The topological polar surface area (TPSA) is 83.0 Å². The molecule has 1 aromatic carbocycles. The first-order valence-electron chi connectivity index (χ1n) is 10.4. The Morgan fingerprint density at radius 2 is 1.90 bits per heavy atom. The number of nitrogens with zero attached hydrogens (tertiary/aromatic N) is 3. The van der Waals surface area contributed by atoms with Gasteiger partial charge in [0.15, 0.2) is 0 Å². The summed E-state index contributed by atoms with van der Waals surface area (Å²) in [7, 11) is 3.92. The summed E-state index contributed by atoms with van der Waals surface area (Å²) < 4.78 is 5.64. The molecule has 1 aliphatic rings. The van der Waals surface area contributed by atoms with Gasteiger partial charge in [0.2, 0.25) is 0 Å². The van der Waals surface area contributed by atoms with E-state index in [2.05, 4.69) is 4.98 Å². The van der Waals surface area contributed by atoms with E-state index in [1.807, 2.05) is 38.9 Å². The zero-order valence-corrected chi connectivity index (χ0v) is 18.4. The Morgan fingerprint density at radius 3 is 2.48 bits per heavy atom. The van der Waals surface area contributed by atoms with E-state index in [1.165, 1.54) is 4.90 Å². The van der Waals surface area contributed by atoms with Gasteiger partial charge in [-0.15, -0.1) is 0 Å². The van der Waals surface area contributed by atoms with Crippen LogP contribution in [0.25, 0.3) is 5.76 Å². The van der Waals surface area contributed by atoms with Gasteiger partial charge in [0, 0.05) is 24.5 Å². The first-order chi connectivity index (χ1) is 14.8. The van der Waals surface area contributed by atoms with Gasteiger partial charge in [-0.1, -0.05) is 6.07 Å². The lowest BCUT2D eigenvalue weighted by atomic mass is 9.96. The average Bonchev–Trinajstić information content (AvgIpc) is 2.99. The molecule has 2 aromatic rings. The van der Waals surface area contributed by atoms with E-state index >= 15 is 0 Å². The minimum absolute atomic E-state index is 0.0255. The summed E-state index contributed by atoms with van der Waals surface area (Å²) in [5.74, 6) is -0.814. The molecule has 164 valence electrons. The van der Waals surface area contributed by atoms with Crippen molar-refractivity contribution in [2.24, 2.45) is 0 Å². The van der Waals surface area contributed by atoms with Crippen molar-refractivity contribution in [1.82, 2.24) is 14.8 Å². The maximum atomic E-state index is 13.0. The summed E-state index contributed by atoms with van der Waals surface area (Å²) >= 11 is 0. The van der Waals surface area contributed by atoms with Gasteiger partial charge in [-0.25, -0.2) is 0 Å². The van der Waals surface area contributed by atoms with E-state index in [4.69, 9.17) is 4.74 Å². The minimum Gasteiger partial charge on any atom is -0.507 e. The van der Waals surface area contributed by atoms with Crippen LogP contribution in [-0.4, -0.2) is 64.9 Å². The normalized spacial score (nSPS) is 18.3. The molecule has 3 rings (SSSR count). The van der Waals surface area contributed by atoms with Crippen LogP contribution in [-0.2, 0) is 9.59 Å². The number of hydrogen-bond donors (Lipinski definition) is 1. The van der Waals surface area contributed by atoms with Crippen molar-refractivity contribution < 1.29 is 19.4 Å². The molecule has 7 nitrogen and oxygen atoms in total. The van der Waals surface area contributed by atoms with Crippen LogP contribution in [0.15, 0.2) is 54.4 Å². The van der Waals surface area contributed by atoms with Gasteiger partial charge in [-0.3, -0.25) is 14.6 Å². The van der Waals surface area contributed by atoms with Crippen LogP contribution in [0.2, 0.25) is 0 Å². The van der Waals surface area contributed by atoms with E-state index in [-0.39, 0.29) is 17.4 Å². The van der Waals surface area contributed by atoms with Crippen molar-refractivity contribution in [1.29, 1.82) is 0 Å². The lowest BCUT2D eigenvalue weighted by Gasteiger charge is -2.25. The molecular weight excluding hydrogens is 394 g/mol. The smallest absolute Gasteiger partial charge is 0.295 e. The van der Waals surface area contributed by atoms with Crippen molar-refractivity contribution in [3.05, 3.63) is 65.5 Å². The fraction of sp³-hybridized carbons (Fsp3) is 0.375. The van der Waals surface area contributed by atoms with Crippen LogP contribution in [0.4, 0.5) is 0 Å². The maximum Gasteiger partial charge on any atom is 0.295 e. The number of likely N-dealkylation sites (tertiary alicyclic amines) is 1. The van der Waals surface area contributed by atoms with Gasteiger partial charge >= 0.3 is 0 Å². The van der Waals surface area contributed by atoms with Crippen molar-refractivity contribution in [3.8, 4) is 5.75 Å². The molecule has 1 aliphatic heterocycles. The number of aliphatic hydroxyl groups is 1. The molecule has 0 aliphatic carbocycles. The fourth-order valence-corrected chi connectivity index (χ4v) is 3.67. The third kappa shape index (κ3) is 5.11. The van der Waals surface area contributed by atoms with Crippen LogP contribution >= 0.6 is 0 Å². The predicted octanol–water partition coefficient (Wildman–Crippen LogP) is 3.24. The van der Waals surface area contributed by atoms with Crippen LogP contribution < -0.4 is 4.74 Å². The highest BCUT2D eigenvalue weighted by atomic mass is 16.5. The Bertz CT molecular complexity index is 953. The quantitative estimate of drug-likeness (QED) is 0.399. The number of carbonyl (C=O) groups excluding carboxylic acids is 2. The number of ether oxygens (including phenoxy) is 1. The molecule has 0 unspecified atom stereocenters. The van der Waals surface area contributed by atoms with E-state index in [1.54, 1.807) is 42.7 Å². The highest BCUT2D eigenvalue weighted by Crippen LogP contribution is 2.39. The van der Waals surface area contributed by atoms with Crippen LogP contribution in [0.3, 0.4) is 0 Å². The molecular formula is C24H29N3O4. The standard InChI is InChI=1S/C24H29N3O4/c1-16(2)31-19-10-8-17(9-11-19)22(28)20-21(18-7-5-12-25-15-18)27(24(30)23(20)29)14-6-13-26(3)4/h5,7-12,15-16,21,28H,6,13-14H2,1-4H3/t21-/m1/s1. The molecule has 1 amide bonds. The number of carbonyl (C=O) groups is 2. The molecule has 0 radical (unpaired) electrons. The summed E-state index contributed by atoms with van der Waals surface area (Å²) in [6.45, 7) is 5.04. The molecule has 0 bridgehead atoms. The Hall–Kier alpha value is -3.19. The summed E-state index contributed by atoms with van der Waals surface area (Å²) in [6.07, 6.45) is 3.99. The number of pyridine rings is 1. The Kier molecular flexibility index (Phi) is 7.07. The zero-order valence-electron chi connectivity index (χ0n) is 18.4. The Labute approximate surface area is 183 Å². The van der Waals surface area contributed by atoms with E-state index in [9.17, 15) is 14.7 Å². The predicted molar refractivity (Wildman–Crippen MR) is 119 cm³/mol. The number of benzene rings is 1. The molecule has 1 atom stereocenters. The second-order valence-electron chi connectivity index (χ2n) is 8.13. The average molecular weight is 424 g/mol. The lowest BCUT2D eigenvalue weighted by molar-refractivity contribution is -0.139. The number of hydrogen-bond acceptors (Lipinski definition) is 6. The number of aromatic nitrogens is 1. The Morgan fingerprint density at radius 1 is 1.19 bits per heavy atom. The molecule has 31 heavy (non-hydrogen) atoms. The van der Waals surface area contributed by atoms with Crippen molar-refractivity contribution in [2.45, 2.75) is 32.4 Å². The second-order valence-corrected chi connectivity index (χ2v) is 8.13. The molecule has 0 spiro atoms. The summed E-state index contributed by atoms with van der Waals surface area (Å²) in [5, 5.41) is 11.1. The third-order valence-electron chi connectivity index (χ3n) is 5.04. The van der Waals surface area contributed by atoms with Gasteiger partial charge in [-0.05, 0) is 76.8 Å².